The van der Waals surface area contributed by atoms with Crippen LogP contribution >= 0.6 is 0 Å². The van der Waals surface area contributed by atoms with Gasteiger partial charge in [-0.1, -0.05) is 6.07 Å². The lowest BCUT2D eigenvalue weighted by molar-refractivity contribution is -0.136. The first-order valence-electron chi connectivity index (χ1n) is 7.37. The molecular formula is C16H21FN2O4. The van der Waals surface area contributed by atoms with E-state index in [1.54, 1.807) is 0 Å². The fourth-order valence-electron chi connectivity index (χ4n) is 1.96. The van der Waals surface area contributed by atoms with Gasteiger partial charge in [0.1, 0.15) is 5.82 Å². The van der Waals surface area contributed by atoms with E-state index < -0.39 is 18.2 Å². The summed E-state index contributed by atoms with van der Waals surface area (Å²) in [6.45, 7) is 3.71. The van der Waals surface area contributed by atoms with Crippen LogP contribution in [0.25, 0.3) is 0 Å². The number of carbonyl (C=O) groups excluding carboxylic acids is 2. The third-order valence-corrected chi connectivity index (χ3v) is 2.94. The lowest BCUT2D eigenvalue weighted by atomic mass is 10.1. The number of benzene rings is 1. The van der Waals surface area contributed by atoms with E-state index in [-0.39, 0.29) is 41.9 Å². The highest BCUT2D eigenvalue weighted by Gasteiger charge is 2.10. The standard InChI is InChI=1S/C16H21FN2O4/c1-10(2)18-14(20)4-3-5-15(21)19-12-7-6-11(8-16(22)23)13(17)9-12/h6-7,9-10H,3-5,8H2,1-2H3,(H,18,20)(H,19,21)(H,22,23). The zero-order valence-corrected chi connectivity index (χ0v) is 13.2. The molecule has 6 nitrogen and oxygen atoms in total. The van der Waals surface area contributed by atoms with Crippen molar-refractivity contribution in [2.24, 2.45) is 0 Å². The molecule has 126 valence electrons. The molecule has 0 aliphatic carbocycles. The second-order valence-electron chi connectivity index (χ2n) is 5.50. The van der Waals surface area contributed by atoms with E-state index in [9.17, 15) is 18.8 Å². The minimum atomic E-state index is -1.12. The van der Waals surface area contributed by atoms with E-state index in [0.717, 1.165) is 6.07 Å². The minimum absolute atomic E-state index is 0.0563. The Morgan fingerprint density at radius 1 is 1.17 bits per heavy atom. The van der Waals surface area contributed by atoms with Gasteiger partial charge in [0, 0.05) is 24.6 Å². The molecule has 7 heteroatoms. The van der Waals surface area contributed by atoms with Gasteiger partial charge in [-0.25, -0.2) is 4.39 Å². The molecule has 0 heterocycles. The van der Waals surface area contributed by atoms with E-state index in [0.29, 0.717) is 6.42 Å². The Morgan fingerprint density at radius 3 is 2.39 bits per heavy atom. The van der Waals surface area contributed by atoms with E-state index in [1.165, 1.54) is 12.1 Å². The number of amides is 2. The summed E-state index contributed by atoms with van der Waals surface area (Å²) in [5.74, 6) is -2.24. The zero-order chi connectivity index (χ0) is 17.4. The van der Waals surface area contributed by atoms with E-state index in [2.05, 4.69) is 10.6 Å². The predicted molar refractivity (Wildman–Crippen MR) is 83.5 cm³/mol. The number of carboxylic acids is 1. The Kier molecular flexibility index (Phi) is 7.18. The van der Waals surface area contributed by atoms with Crippen LogP contribution in [0.1, 0.15) is 38.7 Å². The molecule has 0 saturated carbocycles. The molecule has 0 unspecified atom stereocenters. The Labute approximate surface area is 134 Å². The summed E-state index contributed by atoms with van der Waals surface area (Å²) in [6, 6.07) is 3.92. The highest BCUT2D eigenvalue weighted by molar-refractivity contribution is 5.91. The maximum absolute atomic E-state index is 13.7. The molecule has 23 heavy (non-hydrogen) atoms. The van der Waals surface area contributed by atoms with Gasteiger partial charge in [0.25, 0.3) is 0 Å². The van der Waals surface area contributed by atoms with Crippen LogP contribution in [-0.2, 0) is 20.8 Å². The molecule has 0 aliphatic rings. The molecule has 0 fully saturated rings. The highest BCUT2D eigenvalue weighted by atomic mass is 19.1. The van der Waals surface area contributed by atoms with Gasteiger partial charge in [0.15, 0.2) is 0 Å². The number of carbonyl (C=O) groups is 3. The smallest absolute Gasteiger partial charge is 0.307 e. The van der Waals surface area contributed by atoms with Gasteiger partial charge in [-0.05, 0) is 38.0 Å². The average molecular weight is 324 g/mol. The number of anilines is 1. The van der Waals surface area contributed by atoms with Crippen LogP contribution in [0.3, 0.4) is 0 Å². The first kappa shape index (κ1) is 18.6. The lowest BCUT2D eigenvalue weighted by Crippen LogP contribution is -2.30. The molecule has 0 aromatic heterocycles. The molecule has 0 aliphatic heterocycles. The van der Waals surface area contributed by atoms with Gasteiger partial charge in [0.2, 0.25) is 11.8 Å². The highest BCUT2D eigenvalue weighted by Crippen LogP contribution is 2.15. The summed E-state index contributed by atoms with van der Waals surface area (Å²) in [7, 11) is 0. The van der Waals surface area contributed by atoms with Gasteiger partial charge < -0.3 is 15.7 Å². The van der Waals surface area contributed by atoms with Gasteiger partial charge in [-0.3, -0.25) is 14.4 Å². The van der Waals surface area contributed by atoms with Crippen LogP contribution < -0.4 is 10.6 Å². The predicted octanol–water partition coefficient (Wildman–Crippen LogP) is 2.09. The fourth-order valence-corrected chi connectivity index (χ4v) is 1.96. The summed E-state index contributed by atoms with van der Waals surface area (Å²) in [5, 5.41) is 13.9. The molecule has 0 radical (unpaired) electrons. The van der Waals surface area contributed by atoms with Crippen LogP contribution in [-0.4, -0.2) is 28.9 Å². The molecule has 0 bridgehead atoms. The Morgan fingerprint density at radius 2 is 1.83 bits per heavy atom. The van der Waals surface area contributed by atoms with Crippen LogP contribution in [0.5, 0.6) is 0 Å². The molecule has 0 spiro atoms. The third kappa shape index (κ3) is 7.39. The first-order chi connectivity index (χ1) is 10.8. The Hall–Kier alpha value is -2.44. The van der Waals surface area contributed by atoms with Gasteiger partial charge in [-0.15, -0.1) is 0 Å². The van der Waals surface area contributed by atoms with Crippen molar-refractivity contribution >= 4 is 23.5 Å². The topological polar surface area (TPSA) is 95.5 Å². The maximum Gasteiger partial charge on any atom is 0.307 e. The van der Waals surface area contributed by atoms with Crippen molar-refractivity contribution in [2.75, 3.05) is 5.32 Å². The van der Waals surface area contributed by atoms with Crippen molar-refractivity contribution in [1.82, 2.24) is 5.32 Å². The van der Waals surface area contributed by atoms with E-state index >= 15 is 0 Å². The van der Waals surface area contributed by atoms with Gasteiger partial charge in [0.05, 0.1) is 6.42 Å². The maximum atomic E-state index is 13.7. The molecule has 0 atom stereocenters. The molecule has 1 aromatic rings. The molecule has 1 aromatic carbocycles. The Bertz CT molecular complexity index is 587. The number of nitrogens with one attached hydrogen (secondary N) is 2. The number of hydrogen-bond acceptors (Lipinski definition) is 3. The molecular weight excluding hydrogens is 303 g/mol. The quantitative estimate of drug-likeness (QED) is 0.682. The number of hydrogen-bond donors (Lipinski definition) is 3. The van der Waals surface area contributed by atoms with Crippen molar-refractivity contribution in [2.45, 2.75) is 45.6 Å². The summed E-state index contributed by atoms with van der Waals surface area (Å²) < 4.78 is 13.7. The molecule has 0 saturated heterocycles. The van der Waals surface area contributed by atoms with Crippen molar-refractivity contribution in [1.29, 1.82) is 0 Å². The first-order valence-corrected chi connectivity index (χ1v) is 7.37. The number of halogens is 1. The number of rotatable bonds is 8. The summed E-state index contributed by atoms with van der Waals surface area (Å²) >= 11 is 0. The SMILES string of the molecule is CC(C)NC(=O)CCCC(=O)Nc1ccc(CC(=O)O)c(F)c1. The normalized spacial score (nSPS) is 10.4. The van der Waals surface area contributed by atoms with Crippen molar-refractivity contribution in [3.63, 3.8) is 0 Å². The van der Waals surface area contributed by atoms with Gasteiger partial charge in [-0.2, -0.15) is 0 Å². The van der Waals surface area contributed by atoms with Crippen molar-refractivity contribution < 1.29 is 23.9 Å². The monoisotopic (exact) mass is 324 g/mol. The lowest BCUT2D eigenvalue weighted by Gasteiger charge is -2.09. The Balaban J connectivity index is 2.44. The molecule has 3 N–H and O–H groups in total. The van der Waals surface area contributed by atoms with E-state index in [4.69, 9.17) is 5.11 Å². The van der Waals surface area contributed by atoms with Crippen LogP contribution in [0, 0.1) is 5.82 Å². The van der Waals surface area contributed by atoms with Gasteiger partial charge >= 0.3 is 5.97 Å². The number of carboxylic acid groups (broad SMARTS) is 1. The molecule has 2 amide bonds. The summed E-state index contributed by atoms with van der Waals surface area (Å²) in [6.07, 6.45) is 0.372. The molecule has 1 rings (SSSR count). The number of aliphatic carboxylic acids is 1. The third-order valence-electron chi connectivity index (χ3n) is 2.94. The van der Waals surface area contributed by atoms with Crippen LogP contribution in [0.15, 0.2) is 18.2 Å². The summed E-state index contributed by atoms with van der Waals surface area (Å²) in [5.41, 5.74) is 0.314. The fraction of sp³-hybridized carbons (Fsp3) is 0.438. The van der Waals surface area contributed by atoms with Crippen LogP contribution in [0.4, 0.5) is 10.1 Å². The second kappa shape index (κ2) is 8.87. The summed E-state index contributed by atoms with van der Waals surface area (Å²) in [4.78, 5) is 33.7. The largest absolute Gasteiger partial charge is 0.481 e. The van der Waals surface area contributed by atoms with Crippen LogP contribution in [0.2, 0.25) is 0 Å². The van der Waals surface area contributed by atoms with E-state index in [1.807, 2.05) is 13.8 Å². The zero-order valence-electron chi connectivity index (χ0n) is 13.2. The van der Waals surface area contributed by atoms with Crippen molar-refractivity contribution in [3.8, 4) is 0 Å². The second-order valence-corrected chi connectivity index (χ2v) is 5.50. The minimum Gasteiger partial charge on any atom is -0.481 e. The van der Waals surface area contributed by atoms with Crippen molar-refractivity contribution in [3.05, 3.63) is 29.6 Å². The average Bonchev–Trinajstić information content (AvgIpc) is 2.40.